The summed E-state index contributed by atoms with van der Waals surface area (Å²) in [5.74, 6) is 0.151. The monoisotopic (exact) mass is 537 g/mol. The van der Waals surface area contributed by atoms with Crippen molar-refractivity contribution < 1.29 is 9.13 Å². The molecule has 0 saturated heterocycles. The van der Waals surface area contributed by atoms with Crippen LogP contribution in [-0.2, 0) is 0 Å². The zero-order valence-corrected chi connectivity index (χ0v) is 23.0. The molecule has 6 heterocycles. The second-order valence-electron chi connectivity index (χ2n) is 11.8. The highest BCUT2D eigenvalue weighted by Gasteiger charge is 2.51. The lowest BCUT2D eigenvalue weighted by Gasteiger charge is -2.31. The SMILES string of the molecule is C=CC1C(C2c3ccccc3-c3cccc[n+]32)c2cc3c(cc2-c2cccc[n+]21)c1cccc2c4ccccc4n3c21. The summed E-state index contributed by atoms with van der Waals surface area (Å²) in [7, 11) is 0. The number of pyridine rings is 2. The average Bonchev–Trinajstić information content (AvgIpc) is 3.68. The van der Waals surface area contributed by atoms with Gasteiger partial charge in [-0.25, -0.2) is 0 Å². The summed E-state index contributed by atoms with van der Waals surface area (Å²) in [5, 5.41) is 5.26. The van der Waals surface area contributed by atoms with E-state index >= 15 is 0 Å². The molecule has 0 bridgehead atoms. The van der Waals surface area contributed by atoms with E-state index in [2.05, 4.69) is 154 Å². The molecule has 196 valence electrons. The summed E-state index contributed by atoms with van der Waals surface area (Å²) in [5.41, 5.74) is 11.8. The van der Waals surface area contributed by atoms with Crippen LogP contribution in [-0.4, -0.2) is 4.40 Å². The van der Waals surface area contributed by atoms with Crippen molar-refractivity contribution in [3.63, 3.8) is 0 Å². The van der Waals surface area contributed by atoms with Crippen molar-refractivity contribution in [2.75, 3.05) is 0 Å². The molecular weight excluding hydrogens is 510 g/mol. The maximum Gasteiger partial charge on any atom is 0.213 e. The number of aromatic nitrogens is 3. The third-order valence-electron chi connectivity index (χ3n) is 9.93. The van der Waals surface area contributed by atoms with Gasteiger partial charge in [-0.2, -0.15) is 9.13 Å². The number of allylic oxidation sites excluding steroid dienone is 1. The molecule has 0 amide bonds. The third-order valence-corrected chi connectivity index (χ3v) is 9.93. The van der Waals surface area contributed by atoms with Gasteiger partial charge in [0.1, 0.15) is 5.92 Å². The van der Waals surface area contributed by atoms with Gasteiger partial charge in [0.15, 0.2) is 24.5 Å². The predicted octanol–water partition coefficient (Wildman–Crippen LogP) is 8.17. The maximum atomic E-state index is 4.42. The first-order valence-electron chi connectivity index (χ1n) is 14.8. The largest absolute Gasteiger partial charge is 0.308 e. The van der Waals surface area contributed by atoms with Crippen LogP contribution in [0.4, 0.5) is 0 Å². The first kappa shape index (κ1) is 22.4. The van der Waals surface area contributed by atoms with Gasteiger partial charge in [-0.15, -0.1) is 0 Å². The van der Waals surface area contributed by atoms with E-state index in [1.54, 1.807) is 0 Å². The van der Waals surface area contributed by atoms with Gasteiger partial charge in [-0.05, 0) is 48.0 Å². The van der Waals surface area contributed by atoms with Crippen molar-refractivity contribution in [1.82, 2.24) is 4.40 Å². The zero-order chi connectivity index (χ0) is 27.5. The normalized spacial score (nSPS) is 18.8. The minimum Gasteiger partial charge on any atom is -0.308 e. The fourth-order valence-electron chi connectivity index (χ4n) is 8.34. The Labute approximate surface area is 243 Å². The number of benzene rings is 4. The van der Waals surface area contributed by atoms with Crippen LogP contribution in [0.25, 0.3) is 60.6 Å². The van der Waals surface area contributed by atoms with Crippen molar-refractivity contribution in [1.29, 1.82) is 0 Å². The van der Waals surface area contributed by atoms with Gasteiger partial charge in [0, 0.05) is 51.4 Å². The Morgan fingerprint density at radius 2 is 1.26 bits per heavy atom. The standard InChI is InChI=1S/C39H27N3/c1-2-32-37(39-27-14-4-3-12-24(27)33-17-8-10-21-41(33)39)31-23-36-29(22-30(31)34-18-7-9-20-40(32)34)28-16-11-15-26-25-13-5-6-19-35(25)42(36)38(26)28/h2-23,32,37,39H,1H2/q+2. The second kappa shape index (κ2) is 7.92. The third kappa shape index (κ3) is 2.62. The second-order valence-corrected chi connectivity index (χ2v) is 11.8. The molecule has 42 heavy (non-hydrogen) atoms. The summed E-state index contributed by atoms with van der Waals surface area (Å²) < 4.78 is 7.45. The van der Waals surface area contributed by atoms with Crippen LogP contribution in [0.3, 0.4) is 0 Å². The number of nitrogens with zero attached hydrogens (tertiary/aromatic N) is 3. The van der Waals surface area contributed by atoms with Gasteiger partial charge in [-0.1, -0.05) is 61.2 Å². The van der Waals surface area contributed by atoms with Crippen molar-refractivity contribution in [2.24, 2.45) is 0 Å². The van der Waals surface area contributed by atoms with E-state index in [1.807, 2.05) is 0 Å². The van der Waals surface area contributed by atoms with Gasteiger partial charge in [-0.3, -0.25) is 0 Å². The number of rotatable bonds is 2. The fraction of sp³-hybridized carbons (Fsp3) is 0.0769. The minimum absolute atomic E-state index is 0.0914. The van der Waals surface area contributed by atoms with E-state index in [0.717, 1.165) is 0 Å². The van der Waals surface area contributed by atoms with E-state index < -0.39 is 0 Å². The summed E-state index contributed by atoms with van der Waals surface area (Å²) in [6.45, 7) is 4.42. The first-order chi connectivity index (χ1) is 20.8. The van der Waals surface area contributed by atoms with E-state index in [0.29, 0.717) is 0 Å². The van der Waals surface area contributed by atoms with E-state index in [1.165, 1.54) is 71.7 Å². The van der Waals surface area contributed by atoms with Gasteiger partial charge < -0.3 is 4.40 Å². The van der Waals surface area contributed by atoms with Gasteiger partial charge >= 0.3 is 0 Å². The molecule has 4 aromatic carbocycles. The molecule has 0 fully saturated rings. The Balaban J connectivity index is 1.36. The number of hydrogen-bond donors (Lipinski definition) is 0. The van der Waals surface area contributed by atoms with Crippen molar-refractivity contribution in [2.45, 2.75) is 18.0 Å². The van der Waals surface area contributed by atoms with Crippen LogP contribution in [0, 0.1) is 0 Å². The molecule has 0 radical (unpaired) electrons. The van der Waals surface area contributed by atoms with Crippen LogP contribution < -0.4 is 9.13 Å². The molecule has 2 aliphatic rings. The Bertz CT molecular complexity index is 2370. The predicted molar refractivity (Wildman–Crippen MR) is 169 cm³/mol. The van der Waals surface area contributed by atoms with Crippen LogP contribution >= 0.6 is 0 Å². The number of hydrogen-bond acceptors (Lipinski definition) is 0. The zero-order valence-electron chi connectivity index (χ0n) is 23.0. The average molecular weight is 538 g/mol. The summed E-state index contributed by atoms with van der Waals surface area (Å²) in [6, 6.07) is 42.9. The van der Waals surface area contributed by atoms with E-state index in [-0.39, 0.29) is 18.0 Å². The summed E-state index contributed by atoms with van der Waals surface area (Å²) in [6.07, 6.45) is 6.66. The summed E-state index contributed by atoms with van der Waals surface area (Å²) >= 11 is 0. The lowest BCUT2D eigenvalue weighted by molar-refractivity contribution is -0.739. The molecule has 3 unspecified atom stereocenters. The molecule has 0 spiro atoms. The minimum atomic E-state index is 0.0914. The lowest BCUT2D eigenvalue weighted by Crippen LogP contribution is -2.52. The van der Waals surface area contributed by atoms with E-state index in [4.69, 9.17) is 0 Å². The molecule has 4 aromatic heterocycles. The molecule has 3 nitrogen and oxygen atoms in total. The van der Waals surface area contributed by atoms with Gasteiger partial charge in [0.25, 0.3) is 0 Å². The van der Waals surface area contributed by atoms with Crippen LogP contribution in [0.5, 0.6) is 0 Å². The molecule has 3 atom stereocenters. The fourth-order valence-corrected chi connectivity index (χ4v) is 8.34. The van der Waals surface area contributed by atoms with Crippen LogP contribution in [0.15, 0.2) is 140 Å². The Morgan fingerprint density at radius 1 is 0.571 bits per heavy atom. The Morgan fingerprint density at radius 3 is 2.12 bits per heavy atom. The highest BCUT2D eigenvalue weighted by molar-refractivity contribution is 6.23. The molecule has 0 aliphatic carbocycles. The molecule has 0 saturated carbocycles. The van der Waals surface area contributed by atoms with Crippen molar-refractivity contribution in [3.05, 3.63) is 151 Å². The maximum absolute atomic E-state index is 4.42. The van der Waals surface area contributed by atoms with Crippen molar-refractivity contribution >= 4 is 38.1 Å². The number of fused-ring (bicyclic) bond motifs is 12. The lowest BCUT2D eigenvalue weighted by atomic mass is 9.76. The summed E-state index contributed by atoms with van der Waals surface area (Å²) in [4.78, 5) is 0. The molecular formula is C39H27N3+2. The molecule has 8 aromatic rings. The molecule has 10 rings (SSSR count). The quantitative estimate of drug-likeness (QED) is 0.156. The number of para-hydroxylation sites is 2. The van der Waals surface area contributed by atoms with Gasteiger partial charge in [0.05, 0.1) is 27.7 Å². The smallest absolute Gasteiger partial charge is 0.213 e. The first-order valence-corrected chi connectivity index (χ1v) is 14.8. The highest BCUT2D eigenvalue weighted by Crippen LogP contribution is 2.51. The van der Waals surface area contributed by atoms with E-state index in [9.17, 15) is 0 Å². The van der Waals surface area contributed by atoms with Crippen LogP contribution in [0.1, 0.15) is 29.1 Å². The Hall–Kier alpha value is -5.28. The van der Waals surface area contributed by atoms with Crippen molar-refractivity contribution in [3.8, 4) is 22.5 Å². The molecule has 3 heteroatoms. The highest BCUT2D eigenvalue weighted by atomic mass is 15.1. The molecule has 0 N–H and O–H groups in total. The van der Waals surface area contributed by atoms with Gasteiger partial charge in [0.2, 0.25) is 11.4 Å². The van der Waals surface area contributed by atoms with Crippen LogP contribution in [0.2, 0.25) is 0 Å². The topological polar surface area (TPSA) is 12.2 Å². The molecule has 2 aliphatic heterocycles. The Kier molecular flexibility index (Phi) is 4.23.